The van der Waals surface area contributed by atoms with Crippen LogP contribution in [0.1, 0.15) is 11.6 Å². The molecule has 108 valence electrons. The van der Waals surface area contributed by atoms with Crippen LogP contribution in [0.2, 0.25) is 5.02 Å². The number of guanidine groups is 1. The van der Waals surface area contributed by atoms with Gasteiger partial charge in [0.25, 0.3) is 0 Å². The molecule has 0 aliphatic carbocycles. The summed E-state index contributed by atoms with van der Waals surface area (Å²) in [4.78, 5) is 6.07. The average molecular weight is 369 g/mol. The second-order valence-electron chi connectivity index (χ2n) is 4.71. The molecule has 2 aromatic rings. The van der Waals surface area contributed by atoms with Crippen LogP contribution in [0.15, 0.2) is 51.9 Å². The molecule has 0 fully saturated rings. The number of aliphatic imine (C=N–C) groups is 1. The minimum Gasteiger partial charge on any atom is -0.369 e. The molecule has 1 aliphatic rings. The molecule has 0 aromatic heterocycles. The minimum absolute atomic E-state index is 0.104. The van der Waals surface area contributed by atoms with Crippen LogP contribution in [0.4, 0.5) is 10.1 Å². The highest BCUT2D eigenvalue weighted by atomic mass is 79.9. The van der Waals surface area contributed by atoms with Gasteiger partial charge < -0.3 is 10.6 Å². The second-order valence-corrected chi connectivity index (χ2v) is 6.03. The highest BCUT2D eigenvalue weighted by molar-refractivity contribution is 9.10. The normalized spacial score (nSPS) is 18.0. The number of hydrogen-bond donors (Lipinski definition) is 1. The van der Waals surface area contributed by atoms with Gasteiger partial charge in [0.1, 0.15) is 5.82 Å². The zero-order chi connectivity index (χ0) is 15.0. The van der Waals surface area contributed by atoms with Crippen LogP contribution >= 0.6 is 27.5 Å². The summed E-state index contributed by atoms with van der Waals surface area (Å²) >= 11 is 9.31. The summed E-state index contributed by atoms with van der Waals surface area (Å²) in [6.45, 7) is 0.398. The van der Waals surface area contributed by atoms with E-state index in [1.54, 1.807) is 12.1 Å². The molecular weight excluding hydrogens is 357 g/mol. The molecule has 0 bridgehead atoms. The van der Waals surface area contributed by atoms with Crippen molar-refractivity contribution in [1.82, 2.24) is 0 Å². The molecule has 2 aromatic carbocycles. The van der Waals surface area contributed by atoms with Crippen molar-refractivity contribution in [3.8, 4) is 0 Å². The summed E-state index contributed by atoms with van der Waals surface area (Å²) < 4.78 is 15.2. The Hall–Kier alpha value is -1.59. The second kappa shape index (κ2) is 5.66. The third kappa shape index (κ3) is 2.63. The van der Waals surface area contributed by atoms with Crippen molar-refractivity contribution >= 4 is 39.2 Å². The topological polar surface area (TPSA) is 41.6 Å². The fourth-order valence-corrected chi connectivity index (χ4v) is 3.02. The van der Waals surface area contributed by atoms with E-state index in [9.17, 15) is 4.39 Å². The number of anilines is 1. The molecule has 1 unspecified atom stereocenters. The minimum atomic E-state index is -0.422. The highest BCUT2D eigenvalue weighted by Gasteiger charge is 2.31. The lowest BCUT2D eigenvalue weighted by Gasteiger charge is -2.27. The summed E-state index contributed by atoms with van der Waals surface area (Å²) in [5.74, 6) is -0.0495. The Balaban J connectivity index is 2.05. The van der Waals surface area contributed by atoms with Crippen molar-refractivity contribution < 1.29 is 4.39 Å². The SMILES string of the molecule is NC1=NCC(c2cccc(Cl)c2F)N1c1cccc(Br)c1. The van der Waals surface area contributed by atoms with E-state index in [1.807, 2.05) is 29.2 Å². The molecule has 21 heavy (non-hydrogen) atoms. The van der Waals surface area contributed by atoms with E-state index in [-0.39, 0.29) is 11.1 Å². The van der Waals surface area contributed by atoms with Crippen LogP contribution in [-0.2, 0) is 0 Å². The molecule has 0 amide bonds. The van der Waals surface area contributed by atoms with Gasteiger partial charge in [-0.05, 0) is 24.3 Å². The van der Waals surface area contributed by atoms with Crippen LogP contribution in [-0.4, -0.2) is 12.5 Å². The lowest BCUT2D eigenvalue weighted by Crippen LogP contribution is -2.36. The fourth-order valence-electron chi connectivity index (χ4n) is 2.45. The van der Waals surface area contributed by atoms with E-state index in [0.29, 0.717) is 18.1 Å². The van der Waals surface area contributed by atoms with Crippen LogP contribution in [0, 0.1) is 5.82 Å². The maximum atomic E-state index is 14.3. The molecule has 1 atom stereocenters. The van der Waals surface area contributed by atoms with Crippen molar-refractivity contribution in [2.75, 3.05) is 11.4 Å². The molecule has 1 aliphatic heterocycles. The van der Waals surface area contributed by atoms with Gasteiger partial charge in [-0.25, -0.2) is 4.39 Å². The quantitative estimate of drug-likeness (QED) is 0.866. The Morgan fingerprint density at radius 2 is 2.05 bits per heavy atom. The van der Waals surface area contributed by atoms with Crippen LogP contribution in [0.25, 0.3) is 0 Å². The van der Waals surface area contributed by atoms with Crippen molar-refractivity contribution in [2.45, 2.75) is 6.04 Å². The summed E-state index contributed by atoms with van der Waals surface area (Å²) in [5, 5.41) is 0.104. The average Bonchev–Trinajstić information content (AvgIpc) is 2.83. The number of nitrogens with two attached hydrogens (primary N) is 1. The molecule has 1 heterocycles. The zero-order valence-electron chi connectivity index (χ0n) is 10.9. The van der Waals surface area contributed by atoms with Crippen LogP contribution < -0.4 is 10.6 Å². The largest absolute Gasteiger partial charge is 0.369 e. The molecule has 0 saturated heterocycles. The van der Waals surface area contributed by atoms with Gasteiger partial charge in [-0.15, -0.1) is 0 Å². The van der Waals surface area contributed by atoms with E-state index in [2.05, 4.69) is 20.9 Å². The molecule has 3 nitrogen and oxygen atoms in total. The summed E-state index contributed by atoms with van der Waals surface area (Å²) in [7, 11) is 0. The maximum absolute atomic E-state index is 14.3. The summed E-state index contributed by atoms with van der Waals surface area (Å²) in [5.41, 5.74) is 7.33. The highest BCUT2D eigenvalue weighted by Crippen LogP contribution is 2.34. The first-order valence-corrected chi connectivity index (χ1v) is 7.53. The molecule has 0 saturated carbocycles. The zero-order valence-corrected chi connectivity index (χ0v) is 13.3. The molecule has 3 rings (SSSR count). The van der Waals surface area contributed by atoms with E-state index >= 15 is 0 Å². The van der Waals surface area contributed by atoms with Crippen molar-refractivity contribution in [3.63, 3.8) is 0 Å². The van der Waals surface area contributed by atoms with Gasteiger partial charge in [-0.1, -0.05) is 45.7 Å². The number of nitrogens with zero attached hydrogens (tertiary/aromatic N) is 2. The Morgan fingerprint density at radius 1 is 1.29 bits per heavy atom. The predicted molar refractivity (Wildman–Crippen MR) is 87.3 cm³/mol. The fraction of sp³-hybridized carbons (Fsp3) is 0.133. The van der Waals surface area contributed by atoms with Crippen molar-refractivity contribution in [2.24, 2.45) is 10.7 Å². The van der Waals surface area contributed by atoms with Gasteiger partial charge in [0.05, 0.1) is 17.6 Å². The Labute approximate surface area is 135 Å². The van der Waals surface area contributed by atoms with E-state index < -0.39 is 5.82 Å². The first-order valence-electron chi connectivity index (χ1n) is 6.36. The van der Waals surface area contributed by atoms with E-state index in [4.69, 9.17) is 17.3 Å². The smallest absolute Gasteiger partial charge is 0.196 e. The van der Waals surface area contributed by atoms with Gasteiger partial charge in [-0.3, -0.25) is 4.99 Å². The molecule has 6 heteroatoms. The monoisotopic (exact) mass is 367 g/mol. The lowest BCUT2D eigenvalue weighted by atomic mass is 10.0. The standard InChI is InChI=1S/C15H12BrClFN3/c16-9-3-1-4-10(7-9)21-13(8-20-15(21)19)11-5-2-6-12(17)14(11)18/h1-7,13H,8H2,(H2,19,20). The molecule has 0 spiro atoms. The van der Waals surface area contributed by atoms with Gasteiger partial charge in [0, 0.05) is 15.7 Å². The van der Waals surface area contributed by atoms with E-state index in [1.165, 1.54) is 6.07 Å². The van der Waals surface area contributed by atoms with Crippen molar-refractivity contribution in [1.29, 1.82) is 0 Å². The maximum Gasteiger partial charge on any atom is 0.196 e. The van der Waals surface area contributed by atoms with Gasteiger partial charge >= 0.3 is 0 Å². The summed E-state index contributed by atoms with van der Waals surface area (Å²) in [6, 6.07) is 12.3. The summed E-state index contributed by atoms with van der Waals surface area (Å²) in [6.07, 6.45) is 0. The first kappa shape index (κ1) is 14.4. The van der Waals surface area contributed by atoms with Crippen LogP contribution in [0.5, 0.6) is 0 Å². The first-order chi connectivity index (χ1) is 10.1. The van der Waals surface area contributed by atoms with E-state index in [0.717, 1.165) is 10.2 Å². The Kier molecular flexibility index (Phi) is 3.87. The number of halogens is 3. The third-order valence-corrected chi connectivity index (χ3v) is 4.20. The van der Waals surface area contributed by atoms with Gasteiger partial charge in [0.2, 0.25) is 0 Å². The van der Waals surface area contributed by atoms with Gasteiger partial charge in [0.15, 0.2) is 5.96 Å². The molecular formula is C15H12BrClFN3. The molecule has 0 radical (unpaired) electrons. The van der Waals surface area contributed by atoms with Gasteiger partial charge in [-0.2, -0.15) is 0 Å². The predicted octanol–water partition coefficient (Wildman–Crippen LogP) is 4.12. The third-order valence-electron chi connectivity index (χ3n) is 3.41. The Bertz CT molecular complexity index is 720. The van der Waals surface area contributed by atoms with Crippen LogP contribution in [0.3, 0.4) is 0 Å². The molecule has 2 N–H and O–H groups in total. The number of benzene rings is 2. The Morgan fingerprint density at radius 3 is 2.81 bits per heavy atom. The number of hydrogen-bond acceptors (Lipinski definition) is 3. The number of rotatable bonds is 2. The lowest BCUT2D eigenvalue weighted by molar-refractivity contribution is 0.590. The van der Waals surface area contributed by atoms with Crippen molar-refractivity contribution in [3.05, 3.63) is 63.3 Å².